The third kappa shape index (κ3) is 3.05. The molecule has 2 N–H and O–H groups in total. The number of ketones is 1. The Morgan fingerprint density at radius 1 is 1.27 bits per heavy atom. The molecule has 1 aliphatic heterocycles. The van der Waals surface area contributed by atoms with E-state index in [2.05, 4.69) is 15.3 Å². The van der Waals surface area contributed by atoms with Crippen molar-refractivity contribution in [2.24, 2.45) is 5.92 Å². The first kappa shape index (κ1) is 20.8. The van der Waals surface area contributed by atoms with Gasteiger partial charge >= 0.3 is 5.97 Å². The number of carboxylic acid groups (broad SMARTS) is 1. The average Bonchev–Trinajstić information content (AvgIpc) is 3.47. The summed E-state index contributed by atoms with van der Waals surface area (Å²) in [6.45, 7) is 0. The van der Waals surface area contributed by atoms with Gasteiger partial charge in [0.15, 0.2) is 5.78 Å². The number of fused-ring (bicyclic) bond motifs is 5. The maximum absolute atomic E-state index is 13.6. The predicted octanol–water partition coefficient (Wildman–Crippen LogP) is 4.30. The zero-order valence-electron chi connectivity index (χ0n) is 17.7. The minimum atomic E-state index is -0.779. The lowest BCUT2D eigenvalue weighted by Crippen LogP contribution is -2.37. The number of aliphatic carboxylic acids is 1. The molecule has 1 saturated carbocycles. The van der Waals surface area contributed by atoms with Gasteiger partial charge in [0.1, 0.15) is 28.4 Å². The first-order valence-electron chi connectivity index (χ1n) is 11.1. The minimum Gasteiger partial charge on any atom is -0.481 e. The Morgan fingerprint density at radius 2 is 2.06 bits per heavy atom. The standard InChI is InChI=1S/C23H21ClN4O4S/c24-13-8-14(21(30)28-18(13)15(29)9-23(28)5-1-2-6-23)27-19-17-12-4-3-11(22(31)32)7-16(12)33-20(17)26-10-25-19/h8,10-11H,1-7,9H2,(H,31,32)(H,25,26,27)/t11-/m0/s1. The van der Waals surface area contributed by atoms with Crippen LogP contribution in [0.15, 0.2) is 17.2 Å². The molecule has 0 aromatic carbocycles. The van der Waals surface area contributed by atoms with Gasteiger partial charge in [-0.2, -0.15) is 0 Å². The number of nitrogens with zero attached hydrogens (tertiary/aromatic N) is 3. The molecule has 4 heterocycles. The summed E-state index contributed by atoms with van der Waals surface area (Å²) >= 11 is 8.00. The number of rotatable bonds is 3. The zero-order chi connectivity index (χ0) is 22.9. The molecule has 3 aromatic heterocycles. The quantitative estimate of drug-likeness (QED) is 0.569. The lowest BCUT2D eigenvalue weighted by Gasteiger charge is -2.26. The summed E-state index contributed by atoms with van der Waals surface area (Å²) in [7, 11) is 0. The number of halogens is 1. The maximum atomic E-state index is 13.6. The summed E-state index contributed by atoms with van der Waals surface area (Å²) in [6, 6.07) is 1.52. The number of carboxylic acids is 1. The van der Waals surface area contributed by atoms with E-state index in [4.69, 9.17) is 11.6 Å². The summed E-state index contributed by atoms with van der Waals surface area (Å²) in [5.41, 5.74) is 0.909. The molecule has 170 valence electrons. The first-order valence-corrected chi connectivity index (χ1v) is 12.3. The summed E-state index contributed by atoms with van der Waals surface area (Å²) in [5, 5.41) is 13.7. The van der Waals surface area contributed by atoms with Crippen LogP contribution in [0.5, 0.6) is 0 Å². The SMILES string of the molecule is O=C1CC2(CCCC2)n2c1c(Cl)cc(Nc1ncnc3sc4c(c13)CC[C@H](C(=O)O)C4)c2=O. The topological polar surface area (TPSA) is 114 Å². The van der Waals surface area contributed by atoms with Crippen LogP contribution in [-0.2, 0) is 23.2 Å². The van der Waals surface area contributed by atoms with E-state index in [0.29, 0.717) is 37.2 Å². The van der Waals surface area contributed by atoms with Crippen LogP contribution < -0.4 is 10.9 Å². The number of Topliss-reactive ketones (excluding diaryl/α,β-unsaturated/α-hetero) is 1. The van der Waals surface area contributed by atoms with Gasteiger partial charge in [-0.25, -0.2) is 9.97 Å². The van der Waals surface area contributed by atoms with Crippen molar-refractivity contribution >= 4 is 56.4 Å². The van der Waals surface area contributed by atoms with Gasteiger partial charge in [-0.15, -0.1) is 11.3 Å². The van der Waals surface area contributed by atoms with Gasteiger partial charge < -0.3 is 10.4 Å². The number of carbonyl (C=O) groups excluding carboxylic acids is 1. The molecular weight excluding hydrogens is 464 g/mol. The second-order valence-electron chi connectivity index (χ2n) is 9.24. The molecule has 8 nitrogen and oxygen atoms in total. The van der Waals surface area contributed by atoms with Gasteiger partial charge in [0.05, 0.1) is 21.9 Å². The first-order chi connectivity index (χ1) is 15.9. The highest BCUT2D eigenvalue weighted by Gasteiger charge is 2.47. The highest BCUT2D eigenvalue weighted by molar-refractivity contribution is 7.19. The van der Waals surface area contributed by atoms with Gasteiger partial charge in [-0.3, -0.25) is 19.0 Å². The highest BCUT2D eigenvalue weighted by Crippen LogP contribution is 2.46. The Bertz CT molecular complexity index is 1410. The normalized spacial score (nSPS) is 20.9. The largest absolute Gasteiger partial charge is 0.481 e. The van der Waals surface area contributed by atoms with Crippen LogP contribution in [0.1, 0.15) is 59.5 Å². The van der Waals surface area contributed by atoms with Crippen molar-refractivity contribution in [3.05, 3.63) is 43.9 Å². The molecule has 0 bridgehead atoms. The van der Waals surface area contributed by atoms with Crippen molar-refractivity contribution in [3.8, 4) is 0 Å². The molecule has 3 aliphatic rings. The van der Waals surface area contributed by atoms with E-state index in [-0.39, 0.29) is 22.1 Å². The number of anilines is 2. The molecule has 0 radical (unpaired) electrons. The number of nitrogens with one attached hydrogen (secondary N) is 1. The van der Waals surface area contributed by atoms with Crippen molar-refractivity contribution < 1.29 is 14.7 Å². The molecule has 1 spiro atoms. The highest BCUT2D eigenvalue weighted by atomic mass is 35.5. The van der Waals surface area contributed by atoms with E-state index >= 15 is 0 Å². The van der Waals surface area contributed by atoms with E-state index < -0.39 is 17.4 Å². The number of hydrogen-bond acceptors (Lipinski definition) is 7. The molecule has 2 aliphatic carbocycles. The molecule has 33 heavy (non-hydrogen) atoms. The fourth-order valence-electron chi connectivity index (χ4n) is 5.82. The molecular formula is C23H21ClN4O4S. The van der Waals surface area contributed by atoms with E-state index in [1.165, 1.54) is 23.7 Å². The van der Waals surface area contributed by atoms with Crippen molar-refractivity contribution in [2.75, 3.05) is 5.32 Å². The van der Waals surface area contributed by atoms with Gasteiger partial charge in [-0.1, -0.05) is 24.4 Å². The second-order valence-corrected chi connectivity index (χ2v) is 10.7. The summed E-state index contributed by atoms with van der Waals surface area (Å²) in [4.78, 5) is 48.4. The van der Waals surface area contributed by atoms with Gasteiger partial charge in [-0.05, 0) is 43.7 Å². The Hall–Kier alpha value is -2.78. The fourth-order valence-corrected chi connectivity index (χ4v) is 7.39. The summed E-state index contributed by atoms with van der Waals surface area (Å²) in [5.74, 6) is -0.742. The van der Waals surface area contributed by atoms with E-state index in [1.54, 1.807) is 4.57 Å². The molecule has 3 aromatic rings. The van der Waals surface area contributed by atoms with Crippen molar-refractivity contribution in [1.29, 1.82) is 0 Å². The number of hydrogen-bond donors (Lipinski definition) is 2. The third-order valence-corrected chi connectivity index (χ3v) is 8.81. The molecule has 6 rings (SSSR count). The Labute approximate surface area is 197 Å². The molecule has 10 heteroatoms. The summed E-state index contributed by atoms with van der Waals surface area (Å²) in [6.07, 6.45) is 6.98. The van der Waals surface area contributed by atoms with E-state index in [9.17, 15) is 19.5 Å². The lowest BCUT2D eigenvalue weighted by atomic mass is 9.88. The molecule has 0 saturated heterocycles. The number of aryl methyl sites for hydroxylation is 1. The van der Waals surface area contributed by atoms with Crippen LogP contribution in [0.3, 0.4) is 0 Å². The molecule has 0 unspecified atom stereocenters. The zero-order valence-corrected chi connectivity index (χ0v) is 19.3. The number of aromatic nitrogens is 3. The van der Waals surface area contributed by atoms with E-state index in [0.717, 1.165) is 46.3 Å². The Morgan fingerprint density at radius 3 is 2.82 bits per heavy atom. The Balaban J connectivity index is 1.46. The van der Waals surface area contributed by atoms with E-state index in [1.807, 2.05) is 0 Å². The molecule has 1 fully saturated rings. The molecule has 1 atom stereocenters. The number of pyridine rings is 1. The maximum Gasteiger partial charge on any atom is 0.306 e. The monoisotopic (exact) mass is 484 g/mol. The van der Waals surface area contributed by atoms with Crippen molar-refractivity contribution in [1.82, 2.24) is 14.5 Å². The fraction of sp³-hybridized carbons (Fsp3) is 0.435. The summed E-state index contributed by atoms with van der Waals surface area (Å²) < 4.78 is 1.63. The average molecular weight is 485 g/mol. The number of thiophene rings is 1. The van der Waals surface area contributed by atoms with Crippen LogP contribution >= 0.6 is 22.9 Å². The van der Waals surface area contributed by atoms with Gasteiger partial charge in [0, 0.05) is 11.3 Å². The Kier molecular flexibility index (Phi) is 4.64. The van der Waals surface area contributed by atoms with Crippen molar-refractivity contribution in [3.63, 3.8) is 0 Å². The van der Waals surface area contributed by atoms with Crippen LogP contribution in [0.25, 0.3) is 10.2 Å². The van der Waals surface area contributed by atoms with Crippen LogP contribution in [0.2, 0.25) is 5.02 Å². The van der Waals surface area contributed by atoms with Crippen LogP contribution in [0.4, 0.5) is 11.5 Å². The van der Waals surface area contributed by atoms with Crippen LogP contribution in [-0.4, -0.2) is 31.4 Å². The van der Waals surface area contributed by atoms with Crippen LogP contribution in [0, 0.1) is 5.92 Å². The molecule has 0 amide bonds. The number of carbonyl (C=O) groups is 2. The minimum absolute atomic E-state index is 0.0742. The lowest BCUT2D eigenvalue weighted by molar-refractivity contribution is -0.142. The van der Waals surface area contributed by atoms with Gasteiger partial charge in [0.2, 0.25) is 0 Å². The smallest absolute Gasteiger partial charge is 0.306 e. The predicted molar refractivity (Wildman–Crippen MR) is 125 cm³/mol. The third-order valence-electron chi connectivity index (χ3n) is 7.36. The van der Waals surface area contributed by atoms with Gasteiger partial charge in [0.25, 0.3) is 5.56 Å². The second kappa shape index (κ2) is 7.36. The van der Waals surface area contributed by atoms with Crippen molar-refractivity contribution in [2.45, 2.75) is 56.9 Å².